The van der Waals surface area contributed by atoms with Gasteiger partial charge in [0.25, 0.3) is 5.91 Å². The highest BCUT2D eigenvalue weighted by atomic mass is 32.1. The molecular weight excluding hydrogens is 467 g/mol. The zero-order valence-corrected chi connectivity index (χ0v) is 20.9. The summed E-state index contributed by atoms with van der Waals surface area (Å²) in [5, 5.41) is 2.03. The summed E-state index contributed by atoms with van der Waals surface area (Å²) >= 11 is 1.68. The molecule has 8 heteroatoms. The third-order valence-corrected chi connectivity index (χ3v) is 7.14. The molecule has 0 fully saturated rings. The molecule has 0 bridgehead atoms. The van der Waals surface area contributed by atoms with Crippen LogP contribution >= 0.6 is 11.3 Å². The van der Waals surface area contributed by atoms with Gasteiger partial charge in [-0.3, -0.25) is 9.59 Å². The number of carbonyl (C=O) groups excluding carboxylic acids is 2. The molecule has 0 N–H and O–H groups in total. The summed E-state index contributed by atoms with van der Waals surface area (Å²) in [6, 6.07) is 14.5. The van der Waals surface area contributed by atoms with Gasteiger partial charge in [0.15, 0.2) is 11.5 Å². The van der Waals surface area contributed by atoms with E-state index in [1.165, 1.54) is 28.0 Å². The first kappa shape index (κ1) is 24.7. The van der Waals surface area contributed by atoms with E-state index in [2.05, 4.69) is 0 Å². The number of ether oxygens (including phenoxy) is 2. The summed E-state index contributed by atoms with van der Waals surface area (Å²) in [5.74, 6) is 0.200. The number of fused-ring (bicyclic) bond motifs is 1. The molecule has 1 aromatic heterocycles. The Morgan fingerprint density at radius 1 is 1.14 bits per heavy atom. The van der Waals surface area contributed by atoms with E-state index in [4.69, 9.17) is 9.47 Å². The Morgan fingerprint density at radius 2 is 1.91 bits per heavy atom. The predicted octanol–water partition coefficient (Wildman–Crippen LogP) is 4.95. The number of para-hydroxylation sites is 2. The van der Waals surface area contributed by atoms with Crippen LogP contribution in [0, 0.1) is 5.82 Å². The first-order chi connectivity index (χ1) is 16.9. The van der Waals surface area contributed by atoms with Gasteiger partial charge < -0.3 is 19.3 Å². The highest BCUT2D eigenvalue weighted by Gasteiger charge is 2.34. The Bertz CT molecular complexity index is 1200. The molecule has 6 nitrogen and oxygen atoms in total. The van der Waals surface area contributed by atoms with E-state index in [1.807, 2.05) is 49.6 Å². The van der Waals surface area contributed by atoms with Gasteiger partial charge in [0.1, 0.15) is 19.0 Å². The highest BCUT2D eigenvalue weighted by Crippen LogP contribution is 2.35. The number of thiophene rings is 1. The minimum absolute atomic E-state index is 0.0996. The van der Waals surface area contributed by atoms with Crippen LogP contribution in [0.5, 0.6) is 11.5 Å². The third-order valence-electron chi connectivity index (χ3n) is 6.14. The second kappa shape index (κ2) is 10.9. The van der Waals surface area contributed by atoms with Crippen molar-refractivity contribution < 1.29 is 23.5 Å². The molecular formula is C27H29FN2O4S. The summed E-state index contributed by atoms with van der Waals surface area (Å²) < 4.78 is 25.2. The van der Waals surface area contributed by atoms with Crippen molar-refractivity contribution in [3.05, 3.63) is 81.8 Å². The molecule has 1 atom stereocenters. The molecule has 184 valence electrons. The van der Waals surface area contributed by atoms with E-state index >= 15 is 0 Å². The molecule has 3 aromatic rings. The van der Waals surface area contributed by atoms with Crippen LogP contribution in [-0.2, 0) is 11.2 Å². The monoisotopic (exact) mass is 496 g/mol. The number of methoxy groups -OCH3 is 1. The summed E-state index contributed by atoms with van der Waals surface area (Å²) in [6.07, 6.45) is 0.753. The third kappa shape index (κ3) is 5.48. The zero-order valence-electron chi connectivity index (χ0n) is 20.1. The second-order valence-electron chi connectivity index (χ2n) is 8.65. The Hall–Kier alpha value is -3.39. The lowest BCUT2D eigenvalue weighted by atomic mass is 10.00. The standard InChI is InChI=1S/C27H29FN2O4S/c1-18(2)30(27(32)19-7-6-8-20(28)15-19)16-26(31)29-13-11-25-21(12-14-35-25)22(29)17-34-24-10-5-4-9-23(24)33-3/h4-10,12,14-15,18,22H,11,13,16-17H2,1-3H3/t22-/m1/s1. The van der Waals surface area contributed by atoms with E-state index in [9.17, 15) is 14.0 Å². The number of carbonyl (C=O) groups is 2. The number of nitrogens with zero attached hydrogens (tertiary/aromatic N) is 2. The first-order valence-electron chi connectivity index (χ1n) is 11.6. The van der Waals surface area contributed by atoms with Crippen molar-refractivity contribution in [1.82, 2.24) is 9.80 Å². The lowest BCUT2D eigenvalue weighted by molar-refractivity contribution is -0.136. The lowest BCUT2D eigenvalue weighted by Crippen LogP contribution is -2.49. The average Bonchev–Trinajstić information content (AvgIpc) is 3.34. The van der Waals surface area contributed by atoms with Crippen LogP contribution in [0.3, 0.4) is 0 Å². The summed E-state index contributed by atoms with van der Waals surface area (Å²) in [4.78, 5) is 31.2. The van der Waals surface area contributed by atoms with Gasteiger partial charge in [-0.25, -0.2) is 4.39 Å². The van der Waals surface area contributed by atoms with Gasteiger partial charge in [0.05, 0.1) is 13.2 Å². The molecule has 1 aliphatic heterocycles. The lowest BCUT2D eigenvalue weighted by Gasteiger charge is -2.37. The van der Waals surface area contributed by atoms with Crippen molar-refractivity contribution in [3.8, 4) is 11.5 Å². The molecule has 0 saturated heterocycles. The van der Waals surface area contributed by atoms with E-state index in [0.29, 0.717) is 18.0 Å². The zero-order chi connectivity index (χ0) is 24.9. The van der Waals surface area contributed by atoms with Crippen molar-refractivity contribution in [1.29, 1.82) is 0 Å². The maximum atomic E-state index is 13.7. The van der Waals surface area contributed by atoms with Crippen LogP contribution in [0.15, 0.2) is 60.0 Å². The molecule has 0 saturated carbocycles. The number of rotatable bonds is 8. The highest BCUT2D eigenvalue weighted by molar-refractivity contribution is 7.10. The molecule has 1 aliphatic rings. The van der Waals surface area contributed by atoms with Crippen LogP contribution < -0.4 is 9.47 Å². The van der Waals surface area contributed by atoms with Gasteiger partial charge in [-0.2, -0.15) is 0 Å². The Morgan fingerprint density at radius 3 is 2.63 bits per heavy atom. The largest absolute Gasteiger partial charge is 0.493 e. The fraction of sp³-hybridized carbons (Fsp3) is 0.333. The van der Waals surface area contributed by atoms with Crippen LogP contribution in [0.2, 0.25) is 0 Å². The van der Waals surface area contributed by atoms with E-state index < -0.39 is 5.82 Å². The minimum Gasteiger partial charge on any atom is -0.493 e. The SMILES string of the molecule is COc1ccccc1OC[C@@H]1c2ccsc2CCN1C(=O)CN(C(=O)c1cccc(F)c1)C(C)C. The summed E-state index contributed by atoms with van der Waals surface area (Å²) in [5.41, 5.74) is 1.29. The summed E-state index contributed by atoms with van der Waals surface area (Å²) in [7, 11) is 1.59. The van der Waals surface area contributed by atoms with Gasteiger partial charge in [-0.15, -0.1) is 11.3 Å². The van der Waals surface area contributed by atoms with E-state index in [-0.39, 0.29) is 42.6 Å². The molecule has 35 heavy (non-hydrogen) atoms. The van der Waals surface area contributed by atoms with E-state index in [0.717, 1.165) is 12.0 Å². The van der Waals surface area contributed by atoms with Crippen molar-refractivity contribution in [2.75, 3.05) is 26.8 Å². The van der Waals surface area contributed by atoms with E-state index in [1.54, 1.807) is 29.4 Å². The molecule has 2 aromatic carbocycles. The van der Waals surface area contributed by atoms with Crippen LogP contribution in [-0.4, -0.2) is 54.5 Å². The normalized spacial score (nSPS) is 15.0. The Kier molecular flexibility index (Phi) is 7.70. The fourth-order valence-corrected chi connectivity index (χ4v) is 5.22. The second-order valence-corrected chi connectivity index (χ2v) is 9.65. The Labute approximate surface area is 208 Å². The number of amides is 2. The molecule has 0 aliphatic carbocycles. The molecule has 4 rings (SSSR count). The maximum Gasteiger partial charge on any atom is 0.254 e. The van der Waals surface area contributed by atoms with Gasteiger partial charge in [0.2, 0.25) is 5.91 Å². The minimum atomic E-state index is -0.486. The molecule has 2 heterocycles. The van der Waals surface area contributed by atoms with Gasteiger partial charge >= 0.3 is 0 Å². The number of hydrogen-bond acceptors (Lipinski definition) is 5. The molecule has 0 unspecified atom stereocenters. The maximum absolute atomic E-state index is 13.7. The predicted molar refractivity (Wildman–Crippen MR) is 134 cm³/mol. The van der Waals surface area contributed by atoms with Crippen LogP contribution in [0.25, 0.3) is 0 Å². The van der Waals surface area contributed by atoms with Crippen LogP contribution in [0.4, 0.5) is 4.39 Å². The van der Waals surface area contributed by atoms with Gasteiger partial charge in [0, 0.05) is 23.0 Å². The van der Waals surface area contributed by atoms with Crippen LogP contribution in [0.1, 0.15) is 40.7 Å². The topological polar surface area (TPSA) is 59.1 Å². The van der Waals surface area contributed by atoms with Crippen molar-refractivity contribution in [2.45, 2.75) is 32.4 Å². The number of hydrogen-bond donors (Lipinski definition) is 0. The van der Waals surface area contributed by atoms with Crippen molar-refractivity contribution >= 4 is 23.2 Å². The first-order valence-corrected chi connectivity index (χ1v) is 12.4. The number of benzene rings is 2. The smallest absolute Gasteiger partial charge is 0.254 e. The molecule has 0 spiro atoms. The average molecular weight is 497 g/mol. The molecule has 2 amide bonds. The summed E-state index contributed by atoms with van der Waals surface area (Å²) in [6.45, 7) is 4.39. The van der Waals surface area contributed by atoms with Crippen molar-refractivity contribution in [3.63, 3.8) is 0 Å². The molecule has 0 radical (unpaired) electrons. The Balaban J connectivity index is 1.55. The van der Waals surface area contributed by atoms with Crippen molar-refractivity contribution in [2.24, 2.45) is 0 Å². The van der Waals surface area contributed by atoms with Gasteiger partial charge in [-0.05, 0) is 67.6 Å². The quantitative estimate of drug-likeness (QED) is 0.443. The van der Waals surface area contributed by atoms with Gasteiger partial charge in [-0.1, -0.05) is 18.2 Å². The fourth-order valence-electron chi connectivity index (χ4n) is 4.29. The number of halogens is 1.